The van der Waals surface area contributed by atoms with Crippen molar-refractivity contribution in [1.82, 2.24) is 14.5 Å². The van der Waals surface area contributed by atoms with Crippen LogP contribution >= 0.6 is 0 Å². The Morgan fingerprint density at radius 2 is 1.71 bits per heavy atom. The molecule has 0 unspecified atom stereocenters. The van der Waals surface area contributed by atoms with Crippen molar-refractivity contribution >= 4 is 16.1 Å². The van der Waals surface area contributed by atoms with Crippen LogP contribution in [0, 0.1) is 5.82 Å². The average Bonchev–Trinajstić information content (AvgIpc) is 2.72. The summed E-state index contributed by atoms with van der Waals surface area (Å²) in [5.41, 5.74) is 0.846. The van der Waals surface area contributed by atoms with Crippen LogP contribution in [0.5, 0.6) is 5.75 Å². The van der Waals surface area contributed by atoms with E-state index in [2.05, 4.69) is 5.32 Å². The molecule has 3 rings (SSSR count). The van der Waals surface area contributed by atoms with E-state index >= 15 is 0 Å². The number of benzene rings is 2. The summed E-state index contributed by atoms with van der Waals surface area (Å²) in [5, 5.41) is 2.82. The van der Waals surface area contributed by atoms with E-state index in [9.17, 15) is 17.6 Å². The quantitative estimate of drug-likeness (QED) is 0.823. The number of nitrogens with one attached hydrogen (secondary N) is 1. The number of carbonyl (C=O) groups is 1. The highest BCUT2D eigenvalue weighted by Gasteiger charge is 2.31. The van der Waals surface area contributed by atoms with Crippen LogP contribution in [0.4, 0.5) is 9.18 Å². The van der Waals surface area contributed by atoms with Gasteiger partial charge in [0, 0.05) is 38.3 Å². The molecule has 28 heavy (non-hydrogen) atoms. The molecule has 9 heteroatoms. The Hall–Kier alpha value is -2.65. The summed E-state index contributed by atoms with van der Waals surface area (Å²) in [7, 11) is -2.36. The molecule has 1 fully saturated rings. The Kier molecular flexibility index (Phi) is 6.15. The summed E-state index contributed by atoms with van der Waals surface area (Å²) < 4.78 is 45.6. The number of hydrogen-bond donors (Lipinski definition) is 1. The first kappa shape index (κ1) is 20.1. The van der Waals surface area contributed by atoms with Gasteiger partial charge in [-0.2, -0.15) is 4.31 Å². The lowest BCUT2D eigenvalue weighted by molar-refractivity contribution is 0.171. The molecule has 0 spiro atoms. The lowest BCUT2D eigenvalue weighted by Crippen LogP contribution is -2.53. The number of carbonyl (C=O) groups excluding carboxylic acids is 1. The minimum absolute atomic E-state index is 0.110. The van der Waals surface area contributed by atoms with Crippen molar-refractivity contribution < 1.29 is 22.3 Å². The third-order valence-electron chi connectivity index (χ3n) is 4.60. The van der Waals surface area contributed by atoms with E-state index in [0.717, 1.165) is 11.6 Å². The zero-order valence-corrected chi connectivity index (χ0v) is 16.3. The summed E-state index contributed by atoms with van der Waals surface area (Å²) in [6.07, 6.45) is 0. The molecular weight excluding hydrogens is 385 g/mol. The maximum Gasteiger partial charge on any atom is 0.317 e. The standard InChI is InChI=1S/C19H22FN3O4S/c1-27-17-8-4-2-6-15(17)14-21-19(24)22-10-12-23(13-11-22)28(25,26)18-9-5-3-7-16(18)20/h2-9H,10-14H2,1H3,(H,21,24). The summed E-state index contributed by atoms with van der Waals surface area (Å²) in [6.45, 7) is 0.977. The molecule has 0 bridgehead atoms. The normalized spacial score (nSPS) is 15.3. The minimum atomic E-state index is -3.92. The van der Waals surface area contributed by atoms with Gasteiger partial charge in [0.05, 0.1) is 7.11 Å². The predicted molar refractivity (Wildman–Crippen MR) is 102 cm³/mol. The highest BCUT2D eigenvalue weighted by molar-refractivity contribution is 7.89. The van der Waals surface area contributed by atoms with Gasteiger partial charge in [-0.15, -0.1) is 0 Å². The van der Waals surface area contributed by atoms with Crippen molar-refractivity contribution in [1.29, 1.82) is 0 Å². The Balaban J connectivity index is 1.58. The number of urea groups is 1. The van der Waals surface area contributed by atoms with Gasteiger partial charge < -0.3 is 15.0 Å². The molecule has 0 saturated carbocycles. The van der Waals surface area contributed by atoms with Gasteiger partial charge in [0.2, 0.25) is 10.0 Å². The molecule has 2 amide bonds. The molecule has 7 nitrogen and oxygen atoms in total. The second kappa shape index (κ2) is 8.57. The van der Waals surface area contributed by atoms with Gasteiger partial charge in [-0.25, -0.2) is 17.6 Å². The second-order valence-electron chi connectivity index (χ2n) is 6.29. The summed E-state index contributed by atoms with van der Waals surface area (Å²) in [4.78, 5) is 13.6. The summed E-state index contributed by atoms with van der Waals surface area (Å²) >= 11 is 0. The largest absolute Gasteiger partial charge is 0.496 e. The number of rotatable bonds is 5. The third kappa shape index (κ3) is 4.26. The fourth-order valence-electron chi connectivity index (χ4n) is 3.06. The molecule has 1 aliphatic rings. The smallest absolute Gasteiger partial charge is 0.317 e. The molecule has 0 aromatic heterocycles. The van der Waals surface area contributed by atoms with Crippen LogP contribution in [-0.4, -0.2) is 56.9 Å². The Bertz CT molecular complexity index is 944. The summed E-state index contributed by atoms with van der Waals surface area (Å²) in [6, 6.07) is 12.4. The van der Waals surface area contributed by atoms with Gasteiger partial charge in [-0.1, -0.05) is 30.3 Å². The van der Waals surface area contributed by atoms with Gasteiger partial charge in [0.15, 0.2) is 0 Å². The first-order valence-electron chi connectivity index (χ1n) is 8.83. The number of amides is 2. The third-order valence-corrected chi connectivity index (χ3v) is 6.53. The van der Waals surface area contributed by atoms with Crippen LogP contribution in [0.25, 0.3) is 0 Å². The van der Waals surface area contributed by atoms with Crippen molar-refractivity contribution in [2.24, 2.45) is 0 Å². The zero-order valence-electron chi connectivity index (χ0n) is 15.5. The number of para-hydroxylation sites is 1. The topological polar surface area (TPSA) is 79.0 Å². The number of ether oxygens (including phenoxy) is 1. The lowest BCUT2D eigenvalue weighted by atomic mass is 10.2. The maximum atomic E-state index is 13.9. The minimum Gasteiger partial charge on any atom is -0.496 e. The van der Waals surface area contributed by atoms with E-state index in [0.29, 0.717) is 12.3 Å². The predicted octanol–water partition coefficient (Wildman–Crippen LogP) is 2.05. The average molecular weight is 407 g/mol. The van der Waals surface area contributed by atoms with Crippen molar-refractivity contribution in [3.05, 3.63) is 59.9 Å². The van der Waals surface area contributed by atoms with E-state index in [1.165, 1.54) is 22.5 Å². The Morgan fingerprint density at radius 3 is 2.39 bits per heavy atom. The first-order chi connectivity index (χ1) is 13.4. The number of halogens is 1. The molecule has 0 aliphatic carbocycles. The van der Waals surface area contributed by atoms with Gasteiger partial charge in [-0.05, 0) is 18.2 Å². The maximum absolute atomic E-state index is 13.9. The molecule has 1 heterocycles. The van der Waals surface area contributed by atoms with Crippen LogP contribution in [0.1, 0.15) is 5.56 Å². The highest BCUT2D eigenvalue weighted by Crippen LogP contribution is 2.21. The lowest BCUT2D eigenvalue weighted by Gasteiger charge is -2.34. The molecule has 2 aromatic rings. The van der Waals surface area contributed by atoms with Crippen molar-refractivity contribution in [3.8, 4) is 5.75 Å². The van der Waals surface area contributed by atoms with E-state index in [1.807, 2.05) is 24.3 Å². The fourth-order valence-corrected chi connectivity index (χ4v) is 4.54. The van der Waals surface area contributed by atoms with Crippen LogP contribution in [0.2, 0.25) is 0 Å². The van der Waals surface area contributed by atoms with E-state index in [-0.39, 0.29) is 37.1 Å². The molecule has 1 saturated heterocycles. The van der Waals surface area contributed by atoms with E-state index < -0.39 is 15.8 Å². The number of nitrogens with zero attached hydrogens (tertiary/aromatic N) is 2. The summed E-state index contributed by atoms with van der Waals surface area (Å²) in [5.74, 6) is -0.0944. The van der Waals surface area contributed by atoms with Crippen molar-refractivity contribution in [2.75, 3.05) is 33.3 Å². The van der Waals surface area contributed by atoms with Crippen LogP contribution < -0.4 is 10.1 Å². The van der Waals surface area contributed by atoms with Gasteiger partial charge >= 0.3 is 6.03 Å². The molecule has 1 aliphatic heterocycles. The molecule has 150 valence electrons. The number of hydrogen-bond acceptors (Lipinski definition) is 4. The number of sulfonamides is 1. The van der Waals surface area contributed by atoms with Crippen molar-refractivity contribution in [3.63, 3.8) is 0 Å². The van der Waals surface area contributed by atoms with Crippen LogP contribution in [0.3, 0.4) is 0 Å². The molecule has 2 aromatic carbocycles. The fraction of sp³-hybridized carbons (Fsp3) is 0.316. The van der Waals surface area contributed by atoms with Crippen molar-refractivity contribution in [2.45, 2.75) is 11.4 Å². The van der Waals surface area contributed by atoms with Gasteiger partial charge in [0.1, 0.15) is 16.5 Å². The van der Waals surface area contributed by atoms with Crippen LogP contribution in [0.15, 0.2) is 53.4 Å². The molecule has 0 atom stereocenters. The molecule has 1 N–H and O–H groups in total. The molecular formula is C19H22FN3O4S. The number of piperazine rings is 1. The second-order valence-corrected chi connectivity index (χ2v) is 8.20. The van der Waals surface area contributed by atoms with E-state index in [4.69, 9.17) is 4.74 Å². The van der Waals surface area contributed by atoms with Gasteiger partial charge in [-0.3, -0.25) is 0 Å². The Morgan fingerprint density at radius 1 is 1.07 bits per heavy atom. The molecule has 0 radical (unpaired) electrons. The monoisotopic (exact) mass is 407 g/mol. The SMILES string of the molecule is COc1ccccc1CNC(=O)N1CCN(S(=O)(=O)c2ccccc2F)CC1. The first-order valence-corrected chi connectivity index (χ1v) is 10.3. The zero-order chi connectivity index (χ0) is 20.1. The Labute approximate surface area is 163 Å². The van der Waals surface area contributed by atoms with Crippen LogP contribution in [-0.2, 0) is 16.6 Å². The van der Waals surface area contributed by atoms with E-state index in [1.54, 1.807) is 12.0 Å². The highest BCUT2D eigenvalue weighted by atomic mass is 32.2. The van der Waals surface area contributed by atoms with Gasteiger partial charge in [0.25, 0.3) is 0 Å². The number of methoxy groups -OCH3 is 1.